The minimum Gasteiger partial charge on any atom is -0.449 e. The van der Waals surface area contributed by atoms with Gasteiger partial charge in [-0.3, -0.25) is 9.69 Å². The average molecular weight is 239 g/mol. The lowest BCUT2D eigenvalue weighted by atomic mass is 10.3. The smallest absolute Gasteiger partial charge is 0.449 e. The molecule has 0 saturated carbocycles. The number of hydrogen-bond acceptors (Lipinski definition) is 3. The maximum Gasteiger partial charge on any atom is 0.454 e. The van der Waals surface area contributed by atoms with E-state index in [4.69, 9.17) is 0 Å². The van der Waals surface area contributed by atoms with Crippen molar-refractivity contribution >= 4 is 11.9 Å². The van der Waals surface area contributed by atoms with Crippen LogP contribution in [0.1, 0.15) is 13.8 Å². The van der Waals surface area contributed by atoms with Crippen molar-refractivity contribution in [2.75, 3.05) is 13.2 Å². The van der Waals surface area contributed by atoms with Gasteiger partial charge < -0.3 is 4.74 Å². The number of alkyl halides is 3. The van der Waals surface area contributed by atoms with Crippen molar-refractivity contribution < 1.29 is 27.5 Å². The minimum absolute atomic E-state index is 0.108. The van der Waals surface area contributed by atoms with Gasteiger partial charge in [-0.2, -0.15) is 13.2 Å². The van der Waals surface area contributed by atoms with Gasteiger partial charge in [-0.15, -0.1) is 0 Å². The van der Waals surface area contributed by atoms with E-state index in [2.05, 4.69) is 4.74 Å². The molecule has 0 aliphatic heterocycles. The van der Waals surface area contributed by atoms with Gasteiger partial charge in [0.1, 0.15) is 0 Å². The van der Waals surface area contributed by atoms with Crippen molar-refractivity contribution in [1.29, 1.82) is 0 Å². The molecule has 0 aromatic carbocycles. The van der Waals surface area contributed by atoms with Crippen LogP contribution in [0.3, 0.4) is 0 Å². The van der Waals surface area contributed by atoms with Crippen molar-refractivity contribution in [1.82, 2.24) is 4.90 Å². The normalized spacial score (nSPS) is 11.6. The van der Waals surface area contributed by atoms with Crippen molar-refractivity contribution in [3.05, 3.63) is 12.3 Å². The van der Waals surface area contributed by atoms with Crippen LogP contribution in [-0.2, 0) is 9.53 Å². The van der Waals surface area contributed by atoms with E-state index in [1.54, 1.807) is 13.8 Å². The Hall–Kier alpha value is -1.53. The van der Waals surface area contributed by atoms with Crippen molar-refractivity contribution in [2.45, 2.75) is 20.0 Å². The Balaban J connectivity index is 4.49. The summed E-state index contributed by atoms with van der Waals surface area (Å²) in [6.45, 7) is 3.33. The van der Waals surface area contributed by atoms with E-state index in [1.165, 1.54) is 0 Å². The van der Waals surface area contributed by atoms with E-state index in [0.717, 1.165) is 11.1 Å². The predicted molar refractivity (Wildman–Crippen MR) is 49.6 cm³/mol. The van der Waals surface area contributed by atoms with Gasteiger partial charge in [-0.05, 0) is 13.8 Å². The van der Waals surface area contributed by atoms with E-state index in [0.29, 0.717) is 6.08 Å². The van der Waals surface area contributed by atoms with Crippen LogP contribution in [0, 0.1) is 0 Å². The maximum atomic E-state index is 11.8. The van der Waals surface area contributed by atoms with Gasteiger partial charge in [-0.25, -0.2) is 4.79 Å². The first kappa shape index (κ1) is 14.5. The number of ether oxygens (including phenoxy) is 1. The summed E-state index contributed by atoms with van der Waals surface area (Å²) in [5.74, 6) is -2.02. The van der Waals surface area contributed by atoms with E-state index in [1.807, 2.05) is 0 Å². The molecule has 0 aliphatic rings. The number of amides is 1. The number of rotatable bonds is 4. The molecule has 1 amide bonds. The Morgan fingerprint density at radius 3 is 2.25 bits per heavy atom. The van der Waals surface area contributed by atoms with E-state index >= 15 is 0 Å². The first-order chi connectivity index (χ1) is 7.32. The molecule has 0 spiro atoms. The predicted octanol–water partition coefficient (Wildman–Crippen LogP) is 2.11. The Kier molecular flexibility index (Phi) is 5.55. The van der Waals surface area contributed by atoms with E-state index < -0.39 is 18.1 Å². The van der Waals surface area contributed by atoms with Gasteiger partial charge in [0.25, 0.3) is 5.78 Å². The van der Waals surface area contributed by atoms with Gasteiger partial charge in [0.05, 0.1) is 6.61 Å². The second kappa shape index (κ2) is 6.14. The summed E-state index contributed by atoms with van der Waals surface area (Å²) < 4.78 is 40.0. The molecule has 0 radical (unpaired) electrons. The Labute approximate surface area is 90.7 Å². The molecule has 0 unspecified atom stereocenters. The molecule has 0 aromatic rings. The molecule has 0 fully saturated rings. The molecule has 92 valence electrons. The zero-order valence-corrected chi connectivity index (χ0v) is 8.87. The van der Waals surface area contributed by atoms with Gasteiger partial charge in [-0.1, -0.05) is 0 Å². The third kappa shape index (κ3) is 4.81. The summed E-state index contributed by atoms with van der Waals surface area (Å²) in [5.41, 5.74) is 0. The standard InChI is InChI=1S/C9H12F3NO3/c1-3-13(8(15)16-4-2)6-5-7(14)9(10,11)12/h5-6H,3-4H2,1-2H3. The third-order valence-electron chi connectivity index (χ3n) is 1.53. The zero-order chi connectivity index (χ0) is 12.8. The second-order valence-electron chi connectivity index (χ2n) is 2.66. The molecule has 0 rings (SSSR count). The molecule has 0 N–H and O–H groups in total. The summed E-state index contributed by atoms with van der Waals surface area (Å²) in [6, 6.07) is 0. The lowest BCUT2D eigenvalue weighted by Gasteiger charge is -2.14. The van der Waals surface area contributed by atoms with Gasteiger partial charge >= 0.3 is 12.3 Å². The highest BCUT2D eigenvalue weighted by Crippen LogP contribution is 2.16. The maximum absolute atomic E-state index is 11.8. The summed E-state index contributed by atoms with van der Waals surface area (Å²) in [7, 11) is 0. The largest absolute Gasteiger partial charge is 0.454 e. The van der Waals surface area contributed by atoms with Crippen LogP contribution in [0.25, 0.3) is 0 Å². The lowest BCUT2D eigenvalue weighted by Crippen LogP contribution is -2.27. The van der Waals surface area contributed by atoms with Crippen LogP contribution in [0.2, 0.25) is 0 Å². The molecule has 4 nitrogen and oxygen atoms in total. The van der Waals surface area contributed by atoms with Crippen LogP contribution in [0.15, 0.2) is 12.3 Å². The van der Waals surface area contributed by atoms with Crippen LogP contribution >= 0.6 is 0 Å². The van der Waals surface area contributed by atoms with E-state index in [9.17, 15) is 22.8 Å². The van der Waals surface area contributed by atoms with Crippen molar-refractivity contribution in [3.63, 3.8) is 0 Å². The molecular formula is C9H12F3NO3. The highest BCUT2D eigenvalue weighted by atomic mass is 19.4. The SMILES string of the molecule is CCOC(=O)N(C=CC(=O)C(F)(F)F)CC. The third-order valence-corrected chi connectivity index (χ3v) is 1.53. The monoisotopic (exact) mass is 239 g/mol. The lowest BCUT2D eigenvalue weighted by molar-refractivity contribution is -0.165. The molecule has 16 heavy (non-hydrogen) atoms. The molecule has 0 saturated heterocycles. The summed E-state index contributed by atoms with van der Waals surface area (Å²) >= 11 is 0. The number of halogens is 3. The highest BCUT2D eigenvalue weighted by molar-refractivity contribution is 5.94. The fraction of sp³-hybridized carbons (Fsp3) is 0.556. The van der Waals surface area contributed by atoms with Crippen LogP contribution in [0.5, 0.6) is 0 Å². The Bertz CT molecular complexity index is 286. The summed E-state index contributed by atoms with van der Waals surface area (Å²) in [4.78, 5) is 22.4. The fourth-order valence-corrected chi connectivity index (χ4v) is 0.754. The molecule has 0 heterocycles. The number of hydrogen-bond donors (Lipinski definition) is 0. The minimum atomic E-state index is -4.93. The number of carbonyl (C=O) groups excluding carboxylic acids is 2. The number of nitrogens with zero attached hydrogens (tertiary/aromatic N) is 1. The van der Waals surface area contributed by atoms with Crippen molar-refractivity contribution in [2.24, 2.45) is 0 Å². The van der Waals surface area contributed by atoms with Crippen molar-refractivity contribution in [3.8, 4) is 0 Å². The molecular weight excluding hydrogens is 227 g/mol. The van der Waals surface area contributed by atoms with E-state index in [-0.39, 0.29) is 13.2 Å². The van der Waals surface area contributed by atoms with Gasteiger partial charge in [0.2, 0.25) is 0 Å². The fourth-order valence-electron chi connectivity index (χ4n) is 0.754. The summed E-state index contributed by atoms with van der Waals surface area (Å²) in [6.07, 6.45) is -4.67. The van der Waals surface area contributed by atoms with Crippen LogP contribution in [0.4, 0.5) is 18.0 Å². The highest BCUT2D eigenvalue weighted by Gasteiger charge is 2.36. The number of carbonyl (C=O) groups is 2. The number of ketones is 1. The van der Waals surface area contributed by atoms with Crippen LogP contribution < -0.4 is 0 Å². The quantitative estimate of drug-likeness (QED) is 0.706. The Morgan fingerprint density at radius 1 is 1.31 bits per heavy atom. The number of allylic oxidation sites excluding steroid dienone is 1. The van der Waals surface area contributed by atoms with Gasteiger partial charge in [0.15, 0.2) is 0 Å². The Morgan fingerprint density at radius 2 is 1.88 bits per heavy atom. The molecule has 0 bridgehead atoms. The topological polar surface area (TPSA) is 46.6 Å². The average Bonchev–Trinajstić information content (AvgIpc) is 2.17. The molecule has 0 atom stereocenters. The molecule has 0 aliphatic carbocycles. The first-order valence-corrected chi connectivity index (χ1v) is 4.55. The summed E-state index contributed by atoms with van der Waals surface area (Å²) in [5, 5.41) is 0. The van der Waals surface area contributed by atoms with Gasteiger partial charge in [0, 0.05) is 18.8 Å². The zero-order valence-electron chi connectivity index (χ0n) is 8.87. The molecule has 0 aromatic heterocycles. The molecule has 7 heteroatoms. The van der Waals surface area contributed by atoms with Crippen LogP contribution in [-0.4, -0.2) is 36.1 Å². The second-order valence-corrected chi connectivity index (χ2v) is 2.66. The first-order valence-electron chi connectivity index (χ1n) is 4.55.